The molecule has 1 N–H and O–H groups in total. The van der Waals surface area contributed by atoms with Gasteiger partial charge >= 0.3 is 0 Å². The molecule has 1 aliphatic rings. The minimum atomic E-state index is -0.175. The number of aryl methyl sites for hydroxylation is 2. The summed E-state index contributed by atoms with van der Waals surface area (Å²) in [5.41, 5.74) is 5.21. The van der Waals surface area contributed by atoms with Crippen molar-refractivity contribution in [3.8, 4) is 16.8 Å². The van der Waals surface area contributed by atoms with Gasteiger partial charge in [-0.15, -0.1) is 0 Å². The third-order valence-corrected chi connectivity index (χ3v) is 6.59. The molecule has 0 bridgehead atoms. The summed E-state index contributed by atoms with van der Waals surface area (Å²) in [5.74, 6) is 1.38. The summed E-state index contributed by atoms with van der Waals surface area (Å²) in [6.07, 6.45) is 1.79. The summed E-state index contributed by atoms with van der Waals surface area (Å²) in [6, 6.07) is 21.4. The monoisotopic (exact) mass is 494 g/mol. The number of anilines is 2. The van der Waals surface area contributed by atoms with Gasteiger partial charge in [0.05, 0.1) is 11.4 Å². The molecule has 0 spiro atoms. The van der Waals surface area contributed by atoms with Gasteiger partial charge in [0.1, 0.15) is 11.6 Å². The highest BCUT2D eigenvalue weighted by Gasteiger charge is 2.24. The van der Waals surface area contributed by atoms with E-state index in [0.717, 1.165) is 47.0 Å². The first-order valence-electron chi connectivity index (χ1n) is 12.4. The fourth-order valence-corrected chi connectivity index (χ4v) is 4.67. The van der Waals surface area contributed by atoms with Crippen LogP contribution < -0.4 is 10.2 Å². The van der Waals surface area contributed by atoms with Gasteiger partial charge in [-0.3, -0.25) is 9.59 Å². The van der Waals surface area contributed by atoms with E-state index in [0.29, 0.717) is 24.5 Å². The summed E-state index contributed by atoms with van der Waals surface area (Å²) >= 11 is 0. The molecule has 8 heteroatoms. The van der Waals surface area contributed by atoms with Crippen LogP contribution in [0.25, 0.3) is 16.8 Å². The zero-order valence-corrected chi connectivity index (χ0v) is 21.3. The van der Waals surface area contributed by atoms with Crippen molar-refractivity contribution in [2.45, 2.75) is 20.8 Å². The van der Waals surface area contributed by atoms with Crippen LogP contribution in [0, 0.1) is 13.8 Å². The largest absolute Gasteiger partial charge is 0.353 e. The van der Waals surface area contributed by atoms with Crippen LogP contribution in [0.15, 0.2) is 72.9 Å². The topological polar surface area (TPSA) is 83.4 Å². The van der Waals surface area contributed by atoms with Crippen LogP contribution >= 0.6 is 0 Å². The molecule has 1 fully saturated rings. The number of benzene rings is 2. The maximum Gasteiger partial charge on any atom is 0.253 e. The third kappa shape index (κ3) is 5.09. The number of piperazine rings is 1. The Labute approximate surface area is 216 Å². The summed E-state index contributed by atoms with van der Waals surface area (Å²) in [5, 5.41) is 7.69. The SMILES string of the molecule is CC(=O)Nc1c(-c2ccc(C)cc2)c(C)nn1-c1ccc(C(=O)N2CCN(c3ccccn3)CC2)cc1. The van der Waals surface area contributed by atoms with Crippen molar-refractivity contribution in [1.82, 2.24) is 19.7 Å². The second kappa shape index (κ2) is 10.3. The van der Waals surface area contributed by atoms with Gasteiger partial charge < -0.3 is 15.1 Å². The highest BCUT2D eigenvalue weighted by molar-refractivity contribution is 5.95. The number of pyridine rings is 1. The molecule has 2 aromatic carbocycles. The Morgan fingerprint density at radius 1 is 0.865 bits per heavy atom. The second-order valence-electron chi connectivity index (χ2n) is 9.28. The summed E-state index contributed by atoms with van der Waals surface area (Å²) in [7, 11) is 0. The zero-order chi connectivity index (χ0) is 25.9. The Bertz CT molecular complexity index is 1400. The predicted molar refractivity (Wildman–Crippen MR) is 145 cm³/mol. The number of nitrogens with zero attached hydrogens (tertiary/aromatic N) is 5. The minimum absolute atomic E-state index is 0.00583. The average Bonchev–Trinajstić information content (AvgIpc) is 3.24. The van der Waals surface area contributed by atoms with Crippen LogP contribution in [-0.4, -0.2) is 57.7 Å². The highest BCUT2D eigenvalue weighted by Crippen LogP contribution is 2.33. The number of carbonyl (C=O) groups is 2. The standard InChI is InChI=1S/C29H30N6O2/c1-20-7-9-23(10-8-20)27-21(2)32-35(28(27)31-22(3)36)25-13-11-24(12-14-25)29(37)34-18-16-33(17-19-34)26-6-4-5-15-30-26/h4-15H,16-19H2,1-3H3,(H,31,36). The van der Waals surface area contributed by atoms with Crippen molar-refractivity contribution < 1.29 is 9.59 Å². The van der Waals surface area contributed by atoms with E-state index in [1.807, 2.05) is 85.5 Å². The van der Waals surface area contributed by atoms with Crippen LogP contribution in [0.3, 0.4) is 0 Å². The highest BCUT2D eigenvalue weighted by atomic mass is 16.2. The molecule has 8 nitrogen and oxygen atoms in total. The lowest BCUT2D eigenvalue weighted by Gasteiger charge is -2.35. The van der Waals surface area contributed by atoms with E-state index in [4.69, 9.17) is 5.10 Å². The lowest BCUT2D eigenvalue weighted by molar-refractivity contribution is -0.114. The molecule has 37 heavy (non-hydrogen) atoms. The number of hydrogen-bond donors (Lipinski definition) is 1. The molecule has 4 aromatic rings. The van der Waals surface area contributed by atoms with Gasteiger partial charge in [0.25, 0.3) is 5.91 Å². The minimum Gasteiger partial charge on any atom is -0.353 e. The van der Waals surface area contributed by atoms with E-state index >= 15 is 0 Å². The van der Waals surface area contributed by atoms with Crippen LogP contribution in [0.2, 0.25) is 0 Å². The van der Waals surface area contributed by atoms with Crippen molar-refractivity contribution >= 4 is 23.5 Å². The molecule has 5 rings (SSSR count). The summed E-state index contributed by atoms with van der Waals surface area (Å²) < 4.78 is 1.73. The molecule has 3 heterocycles. The van der Waals surface area contributed by atoms with E-state index in [1.165, 1.54) is 6.92 Å². The van der Waals surface area contributed by atoms with Gasteiger partial charge in [-0.1, -0.05) is 35.9 Å². The lowest BCUT2D eigenvalue weighted by atomic mass is 10.0. The van der Waals surface area contributed by atoms with Gasteiger partial charge in [0.15, 0.2) is 0 Å². The zero-order valence-electron chi connectivity index (χ0n) is 21.3. The first kappa shape index (κ1) is 24.2. The molecule has 0 radical (unpaired) electrons. The third-order valence-electron chi connectivity index (χ3n) is 6.59. The predicted octanol–water partition coefficient (Wildman–Crippen LogP) is 4.47. The molecule has 2 aromatic heterocycles. The Morgan fingerprint density at radius 2 is 1.57 bits per heavy atom. The van der Waals surface area contributed by atoms with Crippen molar-refractivity contribution in [2.24, 2.45) is 0 Å². The number of rotatable bonds is 5. The fourth-order valence-electron chi connectivity index (χ4n) is 4.67. The van der Waals surface area contributed by atoms with Gasteiger partial charge in [-0.25, -0.2) is 9.67 Å². The fraction of sp³-hybridized carbons (Fsp3) is 0.241. The Hall–Kier alpha value is -4.46. The van der Waals surface area contributed by atoms with Crippen LogP contribution in [0.4, 0.5) is 11.6 Å². The first-order valence-corrected chi connectivity index (χ1v) is 12.4. The van der Waals surface area contributed by atoms with Gasteiger partial charge in [-0.2, -0.15) is 5.10 Å². The maximum absolute atomic E-state index is 13.2. The van der Waals surface area contributed by atoms with Gasteiger partial charge in [0.2, 0.25) is 5.91 Å². The Morgan fingerprint density at radius 3 is 2.19 bits per heavy atom. The van der Waals surface area contributed by atoms with Gasteiger partial charge in [0, 0.05) is 50.4 Å². The van der Waals surface area contributed by atoms with E-state index < -0.39 is 0 Å². The normalized spacial score (nSPS) is 13.5. The number of hydrogen-bond acceptors (Lipinski definition) is 5. The number of nitrogens with one attached hydrogen (secondary N) is 1. The van der Waals surface area contributed by atoms with E-state index in [9.17, 15) is 9.59 Å². The quantitative estimate of drug-likeness (QED) is 0.443. The van der Waals surface area contributed by atoms with Crippen molar-refractivity contribution in [3.63, 3.8) is 0 Å². The number of aromatic nitrogens is 3. The summed E-state index contributed by atoms with van der Waals surface area (Å²) in [4.78, 5) is 33.7. The van der Waals surface area contributed by atoms with E-state index in [1.54, 1.807) is 10.9 Å². The molecule has 0 atom stereocenters. The maximum atomic E-state index is 13.2. The molecule has 1 aliphatic heterocycles. The summed E-state index contributed by atoms with van der Waals surface area (Å²) in [6.45, 7) is 8.23. The molecule has 0 saturated carbocycles. The van der Waals surface area contributed by atoms with Gasteiger partial charge in [-0.05, 0) is 55.8 Å². The molecule has 1 saturated heterocycles. The molecular formula is C29H30N6O2. The smallest absolute Gasteiger partial charge is 0.253 e. The average molecular weight is 495 g/mol. The van der Waals surface area contributed by atoms with Crippen molar-refractivity contribution in [2.75, 3.05) is 36.4 Å². The number of amides is 2. The molecule has 188 valence electrons. The first-order chi connectivity index (χ1) is 17.9. The molecule has 0 aliphatic carbocycles. The number of carbonyl (C=O) groups excluding carboxylic acids is 2. The lowest BCUT2D eigenvalue weighted by Crippen LogP contribution is -2.49. The van der Waals surface area contributed by atoms with Crippen molar-refractivity contribution in [3.05, 3.63) is 89.7 Å². The van der Waals surface area contributed by atoms with E-state index in [2.05, 4.69) is 15.2 Å². The van der Waals surface area contributed by atoms with E-state index in [-0.39, 0.29) is 11.8 Å². The Kier molecular flexibility index (Phi) is 6.72. The van der Waals surface area contributed by atoms with Crippen LogP contribution in [0.1, 0.15) is 28.5 Å². The molecule has 2 amide bonds. The van der Waals surface area contributed by atoms with Crippen LogP contribution in [0.5, 0.6) is 0 Å². The van der Waals surface area contributed by atoms with Crippen molar-refractivity contribution in [1.29, 1.82) is 0 Å². The second-order valence-corrected chi connectivity index (χ2v) is 9.28. The molecule has 0 unspecified atom stereocenters. The van der Waals surface area contributed by atoms with Crippen LogP contribution in [-0.2, 0) is 4.79 Å². The molecular weight excluding hydrogens is 464 g/mol. The Balaban J connectivity index is 1.36.